The molecule has 0 aromatic rings. The van der Waals surface area contributed by atoms with E-state index in [0.717, 1.165) is 0 Å². The fourth-order valence-corrected chi connectivity index (χ4v) is 2.87. The van der Waals surface area contributed by atoms with Crippen LogP contribution < -0.4 is 0 Å². The molecule has 2 rings (SSSR count). The molecule has 0 N–H and O–H groups in total. The molecule has 2 aliphatic heterocycles. The van der Waals surface area contributed by atoms with Crippen LogP contribution in [0.4, 0.5) is 0 Å². The maximum Gasteiger partial charge on any atom is 0.474 e. The Morgan fingerprint density at radius 3 is 2.93 bits per heavy atom. The lowest BCUT2D eigenvalue weighted by Gasteiger charge is -2.30. The second-order valence-corrected chi connectivity index (χ2v) is 5.22. The van der Waals surface area contributed by atoms with Crippen molar-refractivity contribution in [3.05, 3.63) is 0 Å². The third-order valence-electron chi connectivity index (χ3n) is 2.61. The van der Waals surface area contributed by atoms with Gasteiger partial charge in [-0.2, -0.15) is 0 Å². The largest absolute Gasteiger partial charge is 0.474 e. The summed E-state index contributed by atoms with van der Waals surface area (Å²) < 4.78 is 31.9. The maximum absolute atomic E-state index is 11.6. The highest BCUT2D eigenvalue weighted by Gasteiger charge is 2.49. The van der Waals surface area contributed by atoms with Crippen molar-refractivity contribution in [3.63, 3.8) is 0 Å². The zero-order chi connectivity index (χ0) is 10.3. The summed E-state index contributed by atoms with van der Waals surface area (Å²) in [5, 5.41) is 0. The van der Waals surface area contributed by atoms with Crippen molar-refractivity contribution in [3.8, 4) is 0 Å². The van der Waals surface area contributed by atoms with Gasteiger partial charge in [-0.25, -0.2) is 4.57 Å². The molecule has 2 aliphatic rings. The van der Waals surface area contributed by atoms with E-state index in [1.807, 2.05) is 6.92 Å². The van der Waals surface area contributed by atoms with Gasteiger partial charge in [-0.15, -0.1) is 0 Å². The molecular weight excluding hydrogens is 206 g/mol. The summed E-state index contributed by atoms with van der Waals surface area (Å²) in [7, 11) is 3.61. The van der Waals surface area contributed by atoms with Crippen LogP contribution in [0, 0.1) is 5.92 Å². The first-order chi connectivity index (χ1) is 6.56. The average Bonchev–Trinajstić information content (AvgIpc) is 2.44. The van der Waals surface area contributed by atoms with Crippen LogP contribution in [0.15, 0.2) is 0 Å². The molecule has 2 heterocycles. The number of phosphoric ester groups is 1. The molecule has 0 aromatic heterocycles. The summed E-state index contributed by atoms with van der Waals surface area (Å²) in [6.07, 6.45) is -0.540. The lowest BCUT2D eigenvalue weighted by Crippen LogP contribution is -2.36. The number of rotatable bonds is 1. The Labute approximate surface area is 84.1 Å². The molecule has 5 nitrogen and oxygen atoms in total. The zero-order valence-electron chi connectivity index (χ0n) is 8.08. The first-order valence-corrected chi connectivity index (χ1v) is 5.91. The highest BCUT2D eigenvalue weighted by molar-refractivity contribution is 7.48. The molecule has 2 fully saturated rings. The summed E-state index contributed by atoms with van der Waals surface area (Å²) in [6.45, 7) is 2.09. The highest BCUT2D eigenvalue weighted by atomic mass is 31.2. The van der Waals surface area contributed by atoms with E-state index in [1.165, 1.54) is 7.11 Å². The molecule has 0 spiro atoms. The van der Waals surface area contributed by atoms with E-state index in [1.54, 1.807) is 0 Å². The molecule has 5 unspecified atom stereocenters. The van der Waals surface area contributed by atoms with Crippen molar-refractivity contribution in [2.24, 2.45) is 5.92 Å². The predicted molar refractivity (Wildman–Crippen MR) is 49.0 cm³/mol. The van der Waals surface area contributed by atoms with Crippen LogP contribution in [0.3, 0.4) is 0 Å². The minimum atomic E-state index is -3.36. The number of hydrogen-bond donors (Lipinski definition) is 0. The minimum absolute atomic E-state index is 0.00706. The number of ether oxygens (including phenoxy) is 1. The Morgan fingerprint density at radius 1 is 1.57 bits per heavy atom. The topological polar surface area (TPSA) is 54.0 Å². The van der Waals surface area contributed by atoms with Crippen molar-refractivity contribution in [1.29, 1.82) is 0 Å². The van der Waals surface area contributed by atoms with Gasteiger partial charge in [0.15, 0.2) is 0 Å². The predicted octanol–water partition coefficient (Wildman–Crippen LogP) is 0.686. The van der Waals surface area contributed by atoms with Gasteiger partial charge in [0.2, 0.25) is 0 Å². The van der Waals surface area contributed by atoms with Gasteiger partial charge in [0.1, 0.15) is 20.1 Å². The quantitative estimate of drug-likeness (QED) is 0.478. The second-order valence-electron chi connectivity index (χ2n) is 3.49. The van der Waals surface area contributed by atoms with Crippen LogP contribution in [0.5, 0.6) is 0 Å². The number of fused-ring (bicyclic) bond motifs is 1. The van der Waals surface area contributed by atoms with Gasteiger partial charge >= 0.3 is 7.82 Å². The van der Waals surface area contributed by atoms with Gasteiger partial charge in [-0.05, 0) is 0 Å². The molecular formula is C7H12BO5P. The molecule has 2 saturated heterocycles. The zero-order valence-corrected chi connectivity index (χ0v) is 8.98. The van der Waals surface area contributed by atoms with Gasteiger partial charge < -0.3 is 4.74 Å². The Bertz CT molecular complexity index is 273. The van der Waals surface area contributed by atoms with Crippen LogP contribution >= 0.6 is 7.82 Å². The SMILES string of the molecule is [B]C1OC2COP(=O)(OC)OC2C1C. The summed E-state index contributed by atoms with van der Waals surface area (Å²) in [5.74, 6) is -0.00706. The Morgan fingerprint density at radius 2 is 2.29 bits per heavy atom. The summed E-state index contributed by atoms with van der Waals surface area (Å²) in [4.78, 5) is 0. The van der Waals surface area contributed by atoms with Crippen LogP contribution in [-0.2, 0) is 22.9 Å². The number of hydrogen-bond acceptors (Lipinski definition) is 5. The van der Waals surface area contributed by atoms with E-state index < -0.39 is 13.8 Å². The van der Waals surface area contributed by atoms with Crippen molar-refractivity contribution >= 4 is 15.7 Å². The molecule has 2 radical (unpaired) electrons. The van der Waals surface area contributed by atoms with Crippen molar-refractivity contribution in [2.75, 3.05) is 13.7 Å². The third-order valence-corrected chi connectivity index (χ3v) is 4.02. The smallest absolute Gasteiger partial charge is 0.379 e. The van der Waals surface area contributed by atoms with E-state index in [2.05, 4.69) is 4.52 Å². The molecule has 14 heavy (non-hydrogen) atoms. The number of phosphoric acid groups is 1. The third kappa shape index (κ3) is 1.66. The van der Waals surface area contributed by atoms with Crippen LogP contribution in [-0.4, -0.2) is 39.8 Å². The van der Waals surface area contributed by atoms with Crippen molar-refractivity contribution < 1.29 is 22.9 Å². The molecule has 0 bridgehead atoms. The maximum atomic E-state index is 11.6. The van der Waals surface area contributed by atoms with Gasteiger partial charge in [0.05, 0.1) is 6.61 Å². The van der Waals surface area contributed by atoms with Gasteiger partial charge in [0.25, 0.3) is 0 Å². The Balaban J connectivity index is 2.12. The van der Waals surface area contributed by atoms with Gasteiger partial charge in [-0.1, -0.05) is 6.92 Å². The fraction of sp³-hybridized carbons (Fsp3) is 1.00. The van der Waals surface area contributed by atoms with E-state index in [-0.39, 0.29) is 24.7 Å². The first kappa shape index (κ1) is 10.6. The van der Waals surface area contributed by atoms with E-state index in [4.69, 9.17) is 21.6 Å². The minimum Gasteiger partial charge on any atom is -0.379 e. The molecule has 7 heteroatoms. The first-order valence-electron chi connectivity index (χ1n) is 4.45. The molecule has 0 aromatic carbocycles. The lowest BCUT2D eigenvalue weighted by atomic mass is 9.86. The van der Waals surface area contributed by atoms with E-state index in [0.29, 0.717) is 0 Å². The molecule has 0 saturated carbocycles. The van der Waals surface area contributed by atoms with E-state index >= 15 is 0 Å². The second kappa shape index (κ2) is 3.61. The van der Waals surface area contributed by atoms with Crippen LogP contribution in [0.1, 0.15) is 6.92 Å². The van der Waals surface area contributed by atoms with Crippen molar-refractivity contribution in [2.45, 2.75) is 25.1 Å². The summed E-state index contributed by atoms with van der Waals surface area (Å²) >= 11 is 0. The standard InChI is InChI=1S/C7H12BO5P/c1-4-6-5(12-7(4)8)3-11-14(9,10-2)13-6/h4-7H,3H2,1-2H3. The molecule has 0 aliphatic carbocycles. The normalized spacial score (nSPS) is 53.0. The van der Waals surface area contributed by atoms with Gasteiger partial charge in [0, 0.05) is 19.0 Å². The Kier molecular flexibility index (Phi) is 2.75. The van der Waals surface area contributed by atoms with Crippen molar-refractivity contribution in [1.82, 2.24) is 0 Å². The summed E-state index contributed by atoms with van der Waals surface area (Å²) in [5.41, 5.74) is 0. The lowest BCUT2D eigenvalue weighted by molar-refractivity contribution is -0.0470. The van der Waals surface area contributed by atoms with Crippen LogP contribution in [0.25, 0.3) is 0 Å². The highest BCUT2D eigenvalue weighted by Crippen LogP contribution is 2.55. The van der Waals surface area contributed by atoms with Crippen LogP contribution in [0.2, 0.25) is 0 Å². The summed E-state index contributed by atoms with van der Waals surface area (Å²) in [6, 6.07) is -0.392. The Hall–Kier alpha value is 0.135. The molecule has 78 valence electrons. The van der Waals surface area contributed by atoms with E-state index in [9.17, 15) is 4.57 Å². The monoisotopic (exact) mass is 218 g/mol. The molecule has 5 atom stereocenters. The van der Waals surface area contributed by atoms with Gasteiger partial charge in [-0.3, -0.25) is 13.6 Å². The average molecular weight is 218 g/mol. The molecule has 0 amide bonds. The fourth-order valence-electron chi connectivity index (χ4n) is 1.67.